The Kier molecular flexibility index (Phi) is 4.52. The number of halogens is 3. The van der Waals surface area contributed by atoms with Gasteiger partial charge in [0.1, 0.15) is 12.2 Å². The normalized spacial score (nSPS) is 13.1. The van der Waals surface area contributed by atoms with E-state index in [1.54, 1.807) is 18.5 Å². The van der Waals surface area contributed by atoms with E-state index < -0.39 is 17.4 Å². The second-order valence-corrected chi connectivity index (χ2v) is 7.01. The van der Waals surface area contributed by atoms with Crippen molar-refractivity contribution < 1.29 is 13.2 Å². The fraction of sp³-hybridized carbons (Fsp3) is 0.250. The quantitative estimate of drug-likeness (QED) is 0.525. The van der Waals surface area contributed by atoms with E-state index in [0.29, 0.717) is 12.1 Å². The van der Waals surface area contributed by atoms with E-state index in [1.807, 2.05) is 30.7 Å². The minimum Gasteiger partial charge on any atom is -0.321 e. The monoisotopic (exact) mass is 401 g/mol. The molecule has 6 nitrogen and oxygen atoms in total. The summed E-state index contributed by atoms with van der Waals surface area (Å²) in [5, 5.41) is 7.96. The molecule has 0 radical (unpaired) electrons. The highest BCUT2D eigenvalue weighted by Gasteiger charge is 2.33. The molecule has 150 valence electrons. The molecule has 0 bridgehead atoms. The van der Waals surface area contributed by atoms with Gasteiger partial charge in [0.25, 0.3) is 0 Å². The molecule has 1 aromatic carbocycles. The molecule has 3 aromatic heterocycles. The topological polar surface area (TPSA) is 57.1 Å². The second kappa shape index (κ2) is 6.91. The molecule has 0 unspecified atom stereocenters. The number of imidazole rings is 1. The lowest BCUT2D eigenvalue weighted by molar-refractivity contribution is -0.136. The summed E-state index contributed by atoms with van der Waals surface area (Å²) in [6.45, 7) is 2.02. The third kappa shape index (κ3) is 3.43. The molecule has 4 rings (SSSR count). The maximum atomic E-state index is 13.3. The predicted molar refractivity (Wildman–Crippen MR) is 101 cm³/mol. The Labute approximate surface area is 163 Å². The molecule has 9 heteroatoms. The minimum absolute atomic E-state index is 0.0799. The van der Waals surface area contributed by atoms with Crippen molar-refractivity contribution in [3.05, 3.63) is 82.6 Å². The van der Waals surface area contributed by atoms with Crippen LogP contribution in [0.4, 0.5) is 13.2 Å². The fourth-order valence-corrected chi connectivity index (χ4v) is 3.40. The van der Waals surface area contributed by atoms with Crippen LogP contribution in [0.2, 0.25) is 0 Å². The smallest absolute Gasteiger partial charge is 0.321 e. The van der Waals surface area contributed by atoms with Crippen molar-refractivity contribution in [3.63, 3.8) is 0 Å². The summed E-state index contributed by atoms with van der Waals surface area (Å²) in [5.74, 6) is 0.904. The van der Waals surface area contributed by atoms with Crippen molar-refractivity contribution >= 4 is 5.52 Å². The molecule has 0 aliphatic heterocycles. The zero-order valence-corrected chi connectivity index (χ0v) is 15.8. The van der Waals surface area contributed by atoms with Crippen LogP contribution in [0.3, 0.4) is 0 Å². The zero-order valence-electron chi connectivity index (χ0n) is 15.8. The first kappa shape index (κ1) is 19.0. The van der Waals surface area contributed by atoms with Crippen LogP contribution in [0, 0.1) is 0 Å². The van der Waals surface area contributed by atoms with Gasteiger partial charge in [-0.3, -0.25) is 8.97 Å². The van der Waals surface area contributed by atoms with E-state index in [0.717, 1.165) is 21.9 Å². The summed E-state index contributed by atoms with van der Waals surface area (Å²) >= 11 is 0. The number of fused-ring (bicyclic) bond motifs is 1. The largest absolute Gasteiger partial charge is 0.418 e. The van der Waals surface area contributed by atoms with Gasteiger partial charge < -0.3 is 4.57 Å². The Hall–Kier alpha value is -3.36. The highest BCUT2D eigenvalue weighted by atomic mass is 19.4. The highest BCUT2D eigenvalue weighted by Crippen LogP contribution is 2.32. The fourth-order valence-electron chi connectivity index (χ4n) is 3.40. The number of nitrogens with zero attached hydrogens (tertiary/aromatic N) is 5. The third-order valence-corrected chi connectivity index (χ3v) is 5.01. The van der Waals surface area contributed by atoms with Crippen molar-refractivity contribution in [2.24, 2.45) is 7.05 Å². The van der Waals surface area contributed by atoms with E-state index in [1.165, 1.54) is 23.0 Å². The molecular formula is C20H18F3N5O. The minimum atomic E-state index is -4.54. The van der Waals surface area contributed by atoms with Gasteiger partial charge in [0.15, 0.2) is 0 Å². The molecule has 0 aliphatic rings. The lowest BCUT2D eigenvalue weighted by Gasteiger charge is -2.13. The molecule has 0 aliphatic carbocycles. The van der Waals surface area contributed by atoms with Gasteiger partial charge in [0.05, 0.1) is 16.8 Å². The van der Waals surface area contributed by atoms with E-state index in [2.05, 4.69) is 10.2 Å². The van der Waals surface area contributed by atoms with Crippen molar-refractivity contribution in [1.29, 1.82) is 0 Å². The standard InChI is InChI=1S/C20H18F3N5O/c1-13(9-18-25-24-12-26(18)2)14-5-3-6-15(10-14)28-11-17-16(20(21,22)23)7-4-8-27(17)19(28)29/h3-8,10-13H,9H2,1-2H3/t13-/m0/s1. The van der Waals surface area contributed by atoms with E-state index in [4.69, 9.17) is 0 Å². The van der Waals surface area contributed by atoms with Gasteiger partial charge in [0.2, 0.25) is 0 Å². The lowest BCUT2D eigenvalue weighted by Crippen LogP contribution is -2.19. The van der Waals surface area contributed by atoms with Crippen LogP contribution in [-0.2, 0) is 19.6 Å². The van der Waals surface area contributed by atoms with Crippen LogP contribution < -0.4 is 5.69 Å². The first-order valence-corrected chi connectivity index (χ1v) is 8.99. The van der Waals surface area contributed by atoms with Crippen molar-refractivity contribution in [1.82, 2.24) is 23.7 Å². The number of hydrogen-bond acceptors (Lipinski definition) is 3. The molecule has 4 aromatic rings. The molecule has 0 N–H and O–H groups in total. The molecule has 0 fully saturated rings. The maximum Gasteiger partial charge on any atom is 0.418 e. The molecule has 29 heavy (non-hydrogen) atoms. The molecule has 0 saturated carbocycles. The van der Waals surface area contributed by atoms with Crippen molar-refractivity contribution in [2.45, 2.75) is 25.4 Å². The lowest BCUT2D eigenvalue weighted by atomic mass is 9.97. The van der Waals surface area contributed by atoms with Gasteiger partial charge in [-0.1, -0.05) is 19.1 Å². The summed E-state index contributed by atoms with van der Waals surface area (Å²) in [5.41, 5.74) is -0.118. The number of pyridine rings is 1. The maximum absolute atomic E-state index is 13.3. The SMILES string of the molecule is C[C@@H](Cc1nncn1C)c1cccc(-n2cc3c(C(F)(F)F)cccn3c2=O)c1. The van der Waals surface area contributed by atoms with Crippen LogP contribution >= 0.6 is 0 Å². The van der Waals surface area contributed by atoms with Crippen molar-refractivity contribution in [2.75, 3.05) is 0 Å². The van der Waals surface area contributed by atoms with E-state index in [-0.39, 0.29) is 11.4 Å². The number of benzene rings is 1. The number of aryl methyl sites for hydroxylation is 1. The summed E-state index contributed by atoms with van der Waals surface area (Å²) < 4.78 is 44.0. The Morgan fingerprint density at radius 3 is 2.66 bits per heavy atom. The molecule has 0 spiro atoms. The highest BCUT2D eigenvalue weighted by molar-refractivity contribution is 5.56. The molecular weight excluding hydrogens is 383 g/mol. The Morgan fingerprint density at radius 1 is 1.17 bits per heavy atom. The van der Waals surface area contributed by atoms with Gasteiger partial charge in [-0.2, -0.15) is 13.2 Å². The summed E-state index contributed by atoms with van der Waals surface area (Å²) in [6, 6.07) is 9.42. The summed E-state index contributed by atoms with van der Waals surface area (Å²) in [7, 11) is 1.86. The van der Waals surface area contributed by atoms with Crippen molar-refractivity contribution in [3.8, 4) is 5.69 Å². The Morgan fingerprint density at radius 2 is 1.97 bits per heavy atom. The average Bonchev–Trinajstić information content (AvgIpc) is 3.24. The summed E-state index contributed by atoms with van der Waals surface area (Å²) in [4.78, 5) is 12.7. The van der Waals surface area contributed by atoms with Gasteiger partial charge in [0, 0.05) is 25.9 Å². The van der Waals surface area contributed by atoms with Gasteiger partial charge in [-0.15, -0.1) is 10.2 Å². The van der Waals surface area contributed by atoms with Crippen LogP contribution in [-0.4, -0.2) is 23.7 Å². The molecule has 1 atom stereocenters. The molecule has 0 amide bonds. The van der Waals surface area contributed by atoms with Crippen LogP contribution in [0.15, 0.2) is 59.9 Å². The van der Waals surface area contributed by atoms with Gasteiger partial charge in [-0.05, 0) is 35.7 Å². The van der Waals surface area contributed by atoms with E-state index >= 15 is 0 Å². The van der Waals surface area contributed by atoms with Crippen LogP contribution in [0.5, 0.6) is 0 Å². The van der Waals surface area contributed by atoms with Crippen LogP contribution in [0.1, 0.15) is 29.8 Å². The first-order chi connectivity index (χ1) is 13.8. The summed E-state index contributed by atoms with van der Waals surface area (Å²) in [6.07, 6.45) is 0.299. The van der Waals surface area contributed by atoms with E-state index in [9.17, 15) is 18.0 Å². The number of alkyl halides is 3. The van der Waals surface area contributed by atoms with Gasteiger partial charge in [-0.25, -0.2) is 4.79 Å². The number of rotatable bonds is 4. The van der Waals surface area contributed by atoms with Gasteiger partial charge >= 0.3 is 11.9 Å². The third-order valence-electron chi connectivity index (χ3n) is 5.01. The molecule has 0 saturated heterocycles. The number of hydrogen-bond donors (Lipinski definition) is 0. The number of aromatic nitrogens is 5. The Bertz CT molecular complexity index is 1230. The second-order valence-electron chi connectivity index (χ2n) is 7.01. The Balaban J connectivity index is 1.75. The first-order valence-electron chi connectivity index (χ1n) is 8.99. The molecule has 3 heterocycles. The average molecular weight is 401 g/mol. The predicted octanol–water partition coefficient (Wildman–Crippen LogP) is 3.58. The zero-order chi connectivity index (χ0) is 20.8. The van der Waals surface area contributed by atoms with Crippen LogP contribution in [0.25, 0.3) is 11.2 Å².